The molecule has 28 heavy (non-hydrogen) atoms. The van der Waals surface area contributed by atoms with Crippen molar-refractivity contribution in [2.75, 3.05) is 14.2 Å². The lowest BCUT2D eigenvalue weighted by molar-refractivity contribution is 0.0596. The van der Waals surface area contributed by atoms with Crippen molar-refractivity contribution in [2.24, 2.45) is 0 Å². The molecule has 0 aliphatic rings. The second-order valence-electron chi connectivity index (χ2n) is 6.36. The van der Waals surface area contributed by atoms with Gasteiger partial charge in [-0.2, -0.15) is 0 Å². The Bertz CT molecular complexity index is 864. The first kappa shape index (κ1) is 21.1. The summed E-state index contributed by atoms with van der Waals surface area (Å²) in [6, 6.07) is 5.07. The highest BCUT2D eigenvalue weighted by Gasteiger charge is 2.28. The van der Waals surface area contributed by atoms with Crippen LogP contribution in [-0.2, 0) is 11.2 Å². The Hall–Kier alpha value is -3.22. The first-order chi connectivity index (χ1) is 13.3. The number of carbonyl (C=O) groups excluding carboxylic acids is 2. The summed E-state index contributed by atoms with van der Waals surface area (Å²) in [6.07, 6.45) is 3.58. The number of esters is 1. The Balaban J connectivity index is 2.56. The number of ether oxygens (including phenoxy) is 2. The largest absolute Gasteiger partial charge is 0.508 e. The molecule has 0 fully saturated rings. The van der Waals surface area contributed by atoms with Gasteiger partial charge in [0.25, 0.3) is 0 Å². The summed E-state index contributed by atoms with van der Waals surface area (Å²) in [5, 5.41) is 30.6. The number of aryl methyl sites for hydroxylation is 1. The van der Waals surface area contributed by atoms with E-state index in [9.17, 15) is 24.9 Å². The third-order valence-corrected chi connectivity index (χ3v) is 4.39. The maximum atomic E-state index is 13.1. The zero-order valence-corrected chi connectivity index (χ0v) is 16.1. The zero-order valence-electron chi connectivity index (χ0n) is 16.1. The van der Waals surface area contributed by atoms with Gasteiger partial charge in [-0.3, -0.25) is 4.79 Å². The quantitative estimate of drug-likeness (QED) is 0.360. The monoisotopic (exact) mass is 388 g/mol. The Labute approximate surface area is 163 Å². The van der Waals surface area contributed by atoms with Gasteiger partial charge in [0.2, 0.25) is 5.78 Å². The summed E-state index contributed by atoms with van der Waals surface area (Å²) in [6.45, 7) is 2.07. The van der Waals surface area contributed by atoms with Crippen LogP contribution in [0.25, 0.3) is 0 Å². The van der Waals surface area contributed by atoms with Crippen molar-refractivity contribution in [1.29, 1.82) is 0 Å². The standard InChI is InChI=1S/C21H24O7/c1-4-5-6-7-12-8-15(23)19(16(24)9-12)20(25)18-14(21(26)28-3)10-13(22)11-17(18)27-2/h8-11,22-24H,4-7H2,1-3H3. The number of phenolic OH excluding ortho intramolecular Hbond substituents is 3. The summed E-state index contributed by atoms with van der Waals surface area (Å²) in [5.74, 6) is -2.88. The molecule has 0 heterocycles. The lowest BCUT2D eigenvalue weighted by atomic mass is 9.94. The summed E-state index contributed by atoms with van der Waals surface area (Å²) in [5.41, 5.74) is -0.120. The van der Waals surface area contributed by atoms with Gasteiger partial charge in [0.05, 0.1) is 25.3 Å². The number of ketones is 1. The third kappa shape index (κ3) is 4.36. The van der Waals surface area contributed by atoms with Gasteiger partial charge in [0.15, 0.2) is 0 Å². The molecule has 0 radical (unpaired) electrons. The van der Waals surface area contributed by atoms with E-state index in [4.69, 9.17) is 4.74 Å². The first-order valence-corrected chi connectivity index (χ1v) is 8.92. The maximum absolute atomic E-state index is 13.1. The number of benzene rings is 2. The summed E-state index contributed by atoms with van der Waals surface area (Å²) in [4.78, 5) is 25.2. The second-order valence-corrected chi connectivity index (χ2v) is 6.36. The fourth-order valence-electron chi connectivity index (χ4n) is 3.02. The van der Waals surface area contributed by atoms with Crippen LogP contribution in [0.15, 0.2) is 24.3 Å². The van der Waals surface area contributed by atoms with Gasteiger partial charge in [-0.1, -0.05) is 19.8 Å². The number of carbonyl (C=O) groups is 2. The van der Waals surface area contributed by atoms with Gasteiger partial charge in [-0.15, -0.1) is 0 Å². The molecule has 7 nitrogen and oxygen atoms in total. The summed E-state index contributed by atoms with van der Waals surface area (Å²) >= 11 is 0. The highest BCUT2D eigenvalue weighted by Crippen LogP contribution is 2.37. The van der Waals surface area contributed by atoms with E-state index in [2.05, 4.69) is 11.7 Å². The highest BCUT2D eigenvalue weighted by molar-refractivity contribution is 6.18. The van der Waals surface area contributed by atoms with Crippen molar-refractivity contribution in [1.82, 2.24) is 0 Å². The van der Waals surface area contributed by atoms with Gasteiger partial charge >= 0.3 is 5.97 Å². The van der Waals surface area contributed by atoms with E-state index in [1.54, 1.807) is 0 Å². The van der Waals surface area contributed by atoms with Crippen molar-refractivity contribution in [3.05, 3.63) is 46.5 Å². The number of hydrogen-bond acceptors (Lipinski definition) is 7. The van der Waals surface area contributed by atoms with Crippen LogP contribution in [-0.4, -0.2) is 41.3 Å². The van der Waals surface area contributed by atoms with E-state index >= 15 is 0 Å². The third-order valence-electron chi connectivity index (χ3n) is 4.39. The van der Waals surface area contributed by atoms with Crippen molar-refractivity contribution >= 4 is 11.8 Å². The molecule has 0 bridgehead atoms. The fraction of sp³-hybridized carbons (Fsp3) is 0.333. The normalized spacial score (nSPS) is 10.5. The highest BCUT2D eigenvalue weighted by atomic mass is 16.5. The van der Waals surface area contributed by atoms with Crippen molar-refractivity contribution < 1.29 is 34.4 Å². The Morgan fingerprint density at radius 3 is 2.11 bits per heavy atom. The van der Waals surface area contributed by atoms with Crippen LogP contribution in [0.5, 0.6) is 23.0 Å². The molecule has 0 saturated heterocycles. The van der Waals surface area contributed by atoms with E-state index in [0.29, 0.717) is 12.0 Å². The number of aromatic hydroxyl groups is 3. The molecule has 0 aliphatic carbocycles. The molecule has 0 amide bonds. The molecule has 7 heteroatoms. The fourth-order valence-corrected chi connectivity index (χ4v) is 3.02. The molecule has 3 N–H and O–H groups in total. The number of phenols is 3. The van der Waals surface area contributed by atoms with Crippen LogP contribution in [0.2, 0.25) is 0 Å². The van der Waals surface area contributed by atoms with Crippen LogP contribution in [0, 0.1) is 0 Å². The van der Waals surface area contributed by atoms with Gasteiger partial charge in [-0.05, 0) is 36.6 Å². The lowest BCUT2D eigenvalue weighted by Crippen LogP contribution is -2.13. The molecule has 2 aromatic rings. The Kier molecular flexibility index (Phi) is 6.87. The van der Waals surface area contributed by atoms with Gasteiger partial charge in [0.1, 0.15) is 28.6 Å². The number of rotatable bonds is 8. The first-order valence-electron chi connectivity index (χ1n) is 8.92. The van der Waals surface area contributed by atoms with E-state index in [1.807, 2.05) is 0 Å². The molecule has 0 atom stereocenters. The lowest BCUT2D eigenvalue weighted by Gasteiger charge is -2.15. The molecule has 0 unspecified atom stereocenters. The summed E-state index contributed by atoms with van der Waals surface area (Å²) in [7, 11) is 2.40. The average Bonchev–Trinajstić information content (AvgIpc) is 2.66. The minimum absolute atomic E-state index is 0.0868. The smallest absolute Gasteiger partial charge is 0.338 e. The van der Waals surface area contributed by atoms with E-state index in [-0.39, 0.29) is 28.2 Å². The van der Waals surface area contributed by atoms with Crippen LogP contribution >= 0.6 is 0 Å². The molecule has 0 saturated carbocycles. The zero-order chi connectivity index (χ0) is 20.8. The van der Waals surface area contributed by atoms with Crippen molar-refractivity contribution in [2.45, 2.75) is 32.6 Å². The predicted octanol–water partition coefficient (Wildman–Crippen LogP) is 3.56. The van der Waals surface area contributed by atoms with Gasteiger partial charge in [-0.25, -0.2) is 4.79 Å². The molecule has 0 spiro atoms. The SMILES string of the molecule is CCCCCc1cc(O)c(C(=O)c2c(OC)cc(O)cc2C(=O)OC)c(O)c1. The molecular weight excluding hydrogens is 364 g/mol. The number of hydrogen-bond donors (Lipinski definition) is 3. The molecule has 2 rings (SSSR count). The molecule has 2 aromatic carbocycles. The van der Waals surface area contributed by atoms with Gasteiger partial charge in [0, 0.05) is 6.07 Å². The topological polar surface area (TPSA) is 113 Å². The Morgan fingerprint density at radius 2 is 1.57 bits per heavy atom. The van der Waals surface area contributed by atoms with Gasteiger partial charge < -0.3 is 24.8 Å². The molecule has 0 aliphatic heterocycles. The van der Waals surface area contributed by atoms with Crippen molar-refractivity contribution in [3.63, 3.8) is 0 Å². The van der Waals surface area contributed by atoms with E-state index in [1.165, 1.54) is 19.2 Å². The van der Waals surface area contributed by atoms with Crippen LogP contribution < -0.4 is 4.74 Å². The Morgan fingerprint density at radius 1 is 0.929 bits per heavy atom. The number of methoxy groups -OCH3 is 2. The number of unbranched alkanes of at least 4 members (excludes halogenated alkanes) is 2. The molecule has 150 valence electrons. The maximum Gasteiger partial charge on any atom is 0.338 e. The van der Waals surface area contributed by atoms with Crippen LogP contribution in [0.1, 0.15) is 58.0 Å². The van der Waals surface area contributed by atoms with Crippen molar-refractivity contribution in [3.8, 4) is 23.0 Å². The predicted molar refractivity (Wildman–Crippen MR) is 102 cm³/mol. The molecule has 0 aromatic heterocycles. The minimum Gasteiger partial charge on any atom is -0.508 e. The second kappa shape index (κ2) is 9.12. The molecular formula is C21H24O7. The average molecular weight is 388 g/mol. The van der Waals surface area contributed by atoms with E-state index < -0.39 is 23.3 Å². The van der Waals surface area contributed by atoms with Crippen LogP contribution in [0.4, 0.5) is 0 Å². The summed E-state index contributed by atoms with van der Waals surface area (Å²) < 4.78 is 9.79. The minimum atomic E-state index is -0.868. The van der Waals surface area contributed by atoms with E-state index in [0.717, 1.165) is 38.5 Å². The van der Waals surface area contributed by atoms with Crippen LogP contribution in [0.3, 0.4) is 0 Å².